The maximum atomic E-state index is 9.19. The molecule has 0 rings (SSSR count). The molecular formula is H8CaCl4O8P2. The minimum atomic E-state index is -3.94. The summed E-state index contributed by atoms with van der Waals surface area (Å²) in [4.78, 5) is 18.4. The summed E-state index contributed by atoms with van der Waals surface area (Å²) in [6.45, 7) is 0. The van der Waals surface area contributed by atoms with Crippen LogP contribution in [0.3, 0.4) is 0 Å². The maximum absolute atomic E-state index is 9.19. The van der Waals surface area contributed by atoms with Crippen LogP contribution in [0, 0.1) is 0 Å². The molecule has 8 nitrogen and oxygen atoms in total. The number of hydrogen-bond donors (Lipinski definition) is 0. The Balaban J connectivity index is -0.0000000128. The Morgan fingerprint density at radius 2 is 0.667 bits per heavy atom. The van der Waals surface area contributed by atoms with E-state index in [-0.39, 0.29) is 59.6 Å². The molecule has 0 bridgehead atoms. The van der Waals surface area contributed by atoms with Crippen molar-refractivity contribution in [2.75, 3.05) is 0 Å². The molecule has 0 aliphatic heterocycles. The Bertz CT molecular complexity index is 137. The number of rotatable bonds is 0. The molecule has 15 heavy (non-hydrogen) atoms. The molecule has 0 aromatic carbocycles. The third kappa shape index (κ3) is 512. The zero-order chi connectivity index (χ0) is 9.00. The molecule has 0 aliphatic carbocycles. The molecule has 0 spiro atoms. The van der Waals surface area contributed by atoms with E-state index in [0.717, 1.165) is 0 Å². The third-order valence-corrected chi connectivity index (χ3v) is 0. The molecule has 0 amide bonds. The summed E-state index contributed by atoms with van der Waals surface area (Å²) >= 11 is 17.2. The second-order valence-electron chi connectivity index (χ2n) is 0.829. The van der Waals surface area contributed by atoms with Crippen LogP contribution in [-0.2, 0) is 9.13 Å². The van der Waals surface area contributed by atoms with Gasteiger partial charge in [0.05, 0.1) is 0 Å². The van der Waals surface area contributed by atoms with Crippen molar-refractivity contribution >= 4 is 94.8 Å². The van der Waals surface area contributed by atoms with Crippen LogP contribution >= 0.6 is 57.1 Å². The Hall–Kier alpha value is 2.64. The molecule has 0 saturated carbocycles. The Morgan fingerprint density at radius 3 is 0.667 bits per heavy atom. The summed E-state index contributed by atoms with van der Waals surface area (Å²) in [5.41, 5.74) is 0. The van der Waals surface area contributed by atoms with Crippen molar-refractivity contribution in [1.29, 1.82) is 0 Å². The molecule has 8 N–H and O–H groups in total. The molecule has 96 valence electrons. The molecule has 0 aromatic heterocycles. The van der Waals surface area contributed by atoms with E-state index >= 15 is 0 Å². The molecule has 0 aromatic rings. The van der Waals surface area contributed by atoms with Gasteiger partial charge < -0.3 is 40.8 Å². The van der Waals surface area contributed by atoms with Gasteiger partial charge >= 0.3 is 37.7 Å². The smallest absolute Gasteiger partial charge is 0.776 e. The molecule has 0 atom stereocenters. The molecule has 0 aliphatic rings. The van der Waals surface area contributed by atoms with Gasteiger partial charge in [0.15, 0.2) is 12.1 Å². The van der Waals surface area contributed by atoms with Crippen molar-refractivity contribution in [3.8, 4) is 0 Å². The van der Waals surface area contributed by atoms with Crippen LogP contribution in [0.1, 0.15) is 0 Å². The average Bonchev–Trinajstić information content (AvgIpc) is 1.12. The minimum absolute atomic E-state index is 0. The summed E-state index contributed by atoms with van der Waals surface area (Å²) in [7, 11) is 0. The van der Waals surface area contributed by atoms with Crippen LogP contribution in [0.5, 0.6) is 0 Å². The molecule has 0 radical (unpaired) electrons. The van der Waals surface area contributed by atoms with Gasteiger partial charge in [-0.1, -0.05) is 45.0 Å². The summed E-state index contributed by atoms with van der Waals surface area (Å²) in [5, 5.41) is 0. The Labute approximate surface area is 134 Å². The normalized spacial score (nSPS) is 7.87. The third-order valence-electron chi connectivity index (χ3n) is 0. The fourth-order valence-electron chi connectivity index (χ4n) is 0. The predicted octanol–water partition coefficient (Wildman–Crippen LogP) is -1.81. The van der Waals surface area contributed by atoms with Crippen molar-refractivity contribution in [3.63, 3.8) is 0 Å². The fourth-order valence-corrected chi connectivity index (χ4v) is 0. The standard InChI is InChI=1S/Ca.2Cl2HO2P.4H2O/c;2*1-5(2,3)4;;;;/h;2*(H,3,4);4*1H2/q+2;;;;;;/p-2. The van der Waals surface area contributed by atoms with Gasteiger partial charge in [-0.2, -0.15) is 0 Å². The Kier molecular flexibility index (Phi) is 54.6. The van der Waals surface area contributed by atoms with E-state index < -0.39 is 12.1 Å². The van der Waals surface area contributed by atoms with Crippen LogP contribution in [-0.4, -0.2) is 59.6 Å². The largest absolute Gasteiger partial charge is 2.00 e. The van der Waals surface area contributed by atoms with Crippen LogP contribution in [0.2, 0.25) is 0 Å². The maximum Gasteiger partial charge on any atom is 2.00 e. The first-order valence-corrected chi connectivity index (χ1v) is 8.28. The zero-order valence-corrected chi connectivity index (χ0v) is 13.8. The second-order valence-corrected chi connectivity index (χ2v) is 8.87. The van der Waals surface area contributed by atoms with Gasteiger partial charge in [0.1, 0.15) is 0 Å². The van der Waals surface area contributed by atoms with E-state index in [4.69, 9.17) is 0 Å². The van der Waals surface area contributed by atoms with Gasteiger partial charge in [-0.15, -0.1) is 0 Å². The number of hydrogen-bond acceptors (Lipinski definition) is 4. The molecular weight excluding hydrogens is 372 g/mol. The van der Waals surface area contributed by atoms with Crippen LogP contribution < -0.4 is 9.79 Å². The zero-order valence-electron chi connectivity index (χ0n) is 6.75. The van der Waals surface area contributed by atoms with Gasteiger partial charge in [0.2, 0.25) is 0 Å². The van der Waals surface area contributed by atoms with Crippen molar-refractivity contribution in [2.24, 2.45) is 0 Å². The molecule has 0 fully saturated rings. The first-order valence-electron chi connectivity index (χ1n) is 1.41. The SMILES string of the molecule is O.O.O.O.O=P([O-])(Cl)Cl.O=P([O-])(Cl)Cl.[Ca+2]. The van der Waals surface area contributed by atoms with Crippen LogP contribution in [0.15, 0.2) is 0 Å². The second kappa shape index (κ2) is 19.0. The summed E-state index contributed by atoms with van der Waals surface area (Å²) in [6, 6.07) is 0. The topological polar surface area (TPSA) is 206 Å². The van der Waals surface area contributed by atoms with Gasteiger partial charge in [-0.25, -0.2) is 0 Å². The van der Waals surface area contributed by atoms with E-state index in [2.05, 4.69) is 45.0 Å². The quantitative estimate of drug-likeness (QED) is 0.351. The summed E-state index contributed by atoms with van der Waals surface area (Å²) < 4.78 is 18.4. The van der Waals surface area contributed by atoms with E-state index in [9.17, 15) is 18.9 Å². The van der Waals surface area contributed by atoms with Gasteiger partial charge in [0, 0.05) is 0 Å². The van der Waals surface area contributed by atoms with Crippen molar-refractivity contribution < 1.29 is 40.8 Å². The number of halogens is 4. The summed E-state index contributed by atoms with van der Waals surface area (Å²) in [6.07, 6.45) is -7.89. The monoisotopic (exact) mass is 378 g/mol. The van der Waals surface area contributed by atoms with E-state index in [0.29, 0.717) is 0 Å². The van der Waals surface area contributed by atoms with E-state index in [1.165, 1.54) is 0 Å². The van der Waals surface area contributed by atoms with Crippen molar-refractivity contribution in [3.05, 3.63) is 0 Å². The molecule has 15 heteroatoms. The Morgan fingerprint density at radius 1 is 0.667 bits per heavy atom. The molecule has 0 heterocycles. The summed E-state index contributed by atoms with van der Waals surface area (Å²) in [5.74, 6) is 0. The fraction of sp³-hybridized carbons (Fsp3) is 0. The minimum Gasteiger partial charge on any atom is -0.776 e. The van der Waals surface area contributed by atoms with E-state index in [1.807, 2.05) is 0 Å². The van der Waals surface area contributed by atoms with Crippen LogP contribution in [0.25, 0.3) is 0 Å². The van der Waals surface area contributed by atoms with Gasteiger partial charge in [-0.05, 0) is 0 Å². The van der Waals surface area contributed by atoms with Gasteiger partial charge in [0.25, 0.3) is 0 Å². The van der Waals surface area contributed by atoms with Gasteiger partial charge in [-0.3, -0.25) is 0 Å². The first kappa shape index (κ1) is 43.1. The van der Waals surface area contributed by atoms with Crippen LogP contribution in [0.4, 0.5) is 0 Å². The van der Waals surface area contributed by atoms with E-state index in [1.54, 1.807) is 0 Å². The van der Waals surface area contributed by atoms with Crippen molar-refractivity contribution in [2.45, 2.75) is 0 Å². The first-order chi connectivity index (χ1) is 4.00. The molecule has 0 unspecified atom stereocenters. The average molecular weight is 380 g/mol. The predicted molar refractivity (Wildman–Crippen MR) is 58.8 cm³/mol. The molecule has 0 saturated heterocycles. The van der Waals surface area contributed by atoms with Crippen molar-refractivity contribution in [1.82, 2.24) is 0 Å².